The summed E-state index contributed by atoms with van der Waals surface area (Å²) in [5, 5.41) is 13.5. The third-order valence-corrected chi connectivity index (χ3v) is 4.26. The zero-order chi connectivity index (χ0) is 12.9. The van der Waals surface area contributed by atoms with Crippen LogP contribution < -0.4 is 0 Å². The molecule has 1 N–H and O–H groups in total. The Kier molecular flexibility index (Phi) is 2.65. The van der Waals surface area contributed by atoms with Crippen molar-refractivity contribution >= 4 is 27.7 Å². The summed E-state index contributed by atoms with van der Waals surface area (Å²) in [6, 6.07) is 0. The van der Waals surface area contributed by atoms with Crippen molar-refractivity contribution in [2.45, 2.75) is 31.6 Å². The number of carboxylic acid groups (broad SMARTS) is 1. The Morgan fingerprint density at radius 2 is 2.11 bits per heavy atom. The summed E-state index contributed by atoms with van der Waals surface area (Å²) in [5.41, 5.74) is 0.00562. The lowest BCUT2D eigenvalue weighted by Crippen LogP contribution is -2.05. The summed E-state index contributed by atoms with van der Waals surface area (Å²) in [6.45, 7) is 0. The zero-order valence-electron chi connectivity index (χ0n) is 9.93. The van der Waals surface area contributed by atoms with Crippen molar-refractivity contribution in [2.75, 3.05) is 0 Å². The Balaban J connectivity index is 2.15. The molecule has 0 atom stereocenters. The van der Waals surface area contributed by atoms with Gasteiger partial charge in [-0.05, 0) is 28.8 Å². The third kappa shape index (κ3) is 1.57. The van der Waals surface area contributed by atoms with Gasteiger partial charge in [0.15, 0.2) is 5.69 Å². The van der Waals surface area contributed by atoms with E-state index in [1.54, 1.807) is 4.52 Å². The first-order chi connectivity index (χ1) is 8.59. The maximum absolute atomic E-state index is 11.0. The van der Waals surface area contributed by atoms with Crippen LogP contribution in [-0.4, -0.2) is 30.2 Å². The quantitative estimate of drug-likeness (QED) is 0.922. The molecule has 1 saturated carbocycles. The van der Waals surface area contributed by atoms with Crippen LogP contribution in [0.5, 0.6) is 0 Å². The van der Waals surface area contributed by atoms with E-state index in [0.717, 1.165) is 18.7 Å². The molecule has 2 heterocycles. The highest BCUT2D eigenvalue weighted by molar-refractivity contribution is 9.10. The fourth-order valence-corrected chi connectivity index (χ4v) is 3.13. The topological polar surface area (TPSA) is 72.4 Å². The Morgan fingerprint density at radius 3 is 2.67 bits per heavy atom. The SMILES string of the molecule is Cn1c(C2CCCC2)nn2c(Br)c(C(=O)O)nc12. The highest BCUT2D eigenvalue weighted by Crippen LogP contribution is 2.34. The van der Waals surface area contributed by atoms with Gasteiger partial charge >= 0.3 is 5.97 Å². The van der Waals surface area contributed by atoms with Gasteiger partial charge in [0.1, 0.15) is 10.4 Å². The van der Waals surface area contributed by atoms with Crippen molar-refractivity contribution in [3.63, 3.8) is 0 Å². The van der Waals surface area contributed by atoms with Gasteiger partial charge in [-0.2, -0.15) is 9.61 Å². The molecular formula is C11H13BrN4O2. The number of aromatic nitrogens is 4. The number of nitrogens with zero attached hydrogens (tertiary/aromatic N) is 4. The third-order valence-electron chi connectivity index (χ3n) is 3.55. The van der Waals surface area contributed by atoms with Gasteiger partial charge in [-0.1, -0.05) is 12.8 Å². The molecule has 1 fully saturated rings. The van der Waals surface area contributed by atoms with E-state index in [0.29, 0.717) is 16.3 Å². The molecular weight excluding hydrogens is 300 g/mol. The van der Waals surface area contributed by atoms with Crippen LogP contribution in [0, 0.1) is 0 Å². The summed E-state index contributed by atoms with van der Waals surface area (Å²) in [5.74, 6) is 0.987. The molecule has 1 aliphatic rings. The highest BCUT2D eigenvalue weighted by Gasteiger charge is 2.26. The minimum absolute atomic E-state index is 0.00562. The molecule has 1 aliphatic carbocycles. The Bertz CT molecular complexity index is 625. The maximum Gasteiger partial charge on any atom is 0.357 e. The van der Waals surface area contributed by atoms with E-state index in [4.69, 9.17) is 5.11 Å². The number of fused-ring (bicyclic) bond motifs is 1. The second-order valence-electron chi connectivity index (χ2n) is 4.67. The van der Waals surface area contributed by atoms with Crippen LogP contribution in [0.25, 0.3) is 5.78 Å². The summed E-state index contributed by atoms with van der Waals surface area (Å²) >= 11 is 3.25. The maximum atomic E-state index is 11.0. The molecule has 2 aromatic heterocycles. The molecule has 7 heteroatoms. The Labute approximate surface area is 112 Å². The van der Waals surface area contributed by atoms with Crippen LogP contribution >= 0.6 is 15.9 Å². The average molecular weight is 313 g/mol. The number of carbonyl (C=O) groups is 1. The number of carboxylic acids is 1. The minimum atomic E-state index is -1.05. The number of hydrogen-bond donors (Lipinski definition) is 1. The van der Waals surface area contributed by atoms with E-state index < -0.39 is 5.97 Å². The Hall–Kier alpha value is -1.37. The van der Waals surface area contributed by atoms with Crippen LogP contribution in [0.2, 0.25) is 0 Å². The van der Waals surface area contributed by atoms with Crippen molar-refractivity contribution in [1.82, 2.24) is 19.2 Å². The standard InChI is InChI=1S/C11H13BrN4O2/c1-15-9(6-4-2-3-5-6)14-16-8(12)7(10(17)18)13-11(15)16/h6H,2-5H2,1H3,(H,17,18). The largest absolute Gasteiger partial charge is 0.476 e. The number of hydrogen-bond acceptors (Lipinski definition) is 3. The first-order valence-electron chi connectivity index (χ1n) is 5.93. The lowest BCUT2D eigenvalue weighted by molar-refractivity contribution is 0.0690. The number of aryl methyl sites for hydroxylation is 1. The average Bonchev–Trinajstić information content (AvgIpc) is 2.98. The summed E-state index contributed by atoms with van der Waals surface area (Å²) in [7, 11) is 1.89. The number of halogens is 1. The predicted octanol–water partition coefficient (Wildman–Crippen LogP) is 2.19. The van der Waals surface area contributed by atoms with Gasteiger partial charge in [-0.15, -0.1) is 0 Å². The van der Waals surface area contributed by atoms with E-state index in [1.165, 1.54) is 12.8 Å². The van der Waals surface area contributed by atoms with Crippen molar-refractivity contribution in [3.8, 4) is 0 Å². The number of rotatable bonds is 2. The van der Waals surface area contributed by atoms with Crippen molar-refractivity contribution in [1.29, 1.82) is 0 Å². The molecule has 0 spiro atoms. The summed E-state index contributed by atoms with van der Waals surface area (Å²) in [6.07, 6.45) is 4.78. The molecule has 0 amide bonds. The normalized spacial score (nSPS) is 16.8. The zero-order valence-corrected chi connectivity index (χ0v) is 11.5. The molecule has 0 aliphatic heterocycles. The van der Waals surface area contributed by atoms with E-state index in [2.05, 4.69) is 26.0 Å². The Morgan fingerprint density at radius 1 is 1.44 bits per heavy atom. The van der Waals surface area contributed by atoms with Gasteiger partial charge in [0.05, 0.1) is 0 Å². The molecule has 0 unspecified atom stereocenters. The lowest BCUT2D eigenvalue weighted by Gasteiger charge is -2.06. The molecule has 0 radical (unpaired) electrons. The minimum Gasteiger partial charge on any atom is -0.476 e. The van der Waals surface area contributed by atoms with E-state index in [9.17, 15) is 4.79 Å². The second kappa shape index (κ2) is 4.08. The molecule has 96 valence electrons. The van der Waals surface area contributed by atoms with Crippen molar-refractivity contribution in [2.24, 2.45) is 7.05 Å². The van der Waals surface area contributed by atoms with Crippen LogP contribution in [0.1, 0.15) is 47.9 Å². The highest BCUT2D eigenvalue weighted by atomic mass is 79.9. The number of imidazole rings is 1. The van der Waals surface area contributed by atoms with Gasteiger partial charge in [0, 0.05) is 13.0 Å². The summed E-state index contributed by atoms with van der Waals surface area (Å²) in [4.78, 5) is 15.1. The monoisotopic (exact) mass is 312 g/mol. The second-order valence-corrected chi connectivity index (χ2v) is 5.42. The van der Waals surface area contributed by atoms with Crippen LogP contribution in [0.4, 0.5) is 0 Å². The molecule has 6 nitrogen and oxygen atoms in total. The smallest absolute Gasteiger partial charge is 0.357 e. The van der Waals surface area contributed by atoms with Crippen LogP contribution in [-0.2, 0) is 7.05 Å². The van der Waals surface area contributed by atoms with E-state index in [1.807, 2.05) is 11.6 Å². The summed E-state index contributed by atoms with van der Waals surface area (Å²) < 4.78 is 3.87. The van der Waals surface area contributed by atoms with E-state index >= 15 is 0 Å². The first-order valence-corrected chi connectivity index (χ1v) is 6.73. The fraction of sp³-hybridized carbons (Fsp3) is 0.545. The van der Waals surface area contributed by atoms with Crippen LogP contribution in [0.15, 0.2) is 4.60 Å². The lowest BCUT2D eigenvalue weighted by atomic mass is 10.1. The molecule has 3 rings (SSSR count). The van der Waals surface area contributed by atoms with Crippen LogP contribution in [0.3, 0.4) is 0 Å². The molecule has 0 bridgehead atoms. The predicted molar refractivity (Wildman–Crippen MR) is 67.8 cm³/mol. The van der Waals surface area contributed by atoms with Gasteiger partial charge in [-0.3, -0.25) is 4.57 Å². The molecule has 0 aromatic carbocycles. The molecule has 0 saturated heterocycles. The van der Waals surface area contributed by atoms with Gasteiger partial charge in [0.25, 0.3) is 0 Å². The molecule has 2 aromatic rings. The van der Waals surface area contributed by atoms with Gasteiger partial charge in [0.2, 0.25) is 5.78 Å². The first kappa shape index (κ1) is 11.7. The van der Waals surface area contributed by atoms with Crippen molar-refractivity contribution in [3.05, 3.63) is 16.1 Å². The molecule has 18 heavy (non-hydrogen) atoms. The van der Waals surface area contributed by atoms with Gasteiger partial charge in [-0.25, -0.2) is 9.78 Å². The van der Waals surface area contributed by atoms with E-state index in [-0.39, 0.29) is 5.69 Å². The number of aromatic carboxylic acids is 1. The van der Waals surface area contributed by atoms with Crippen molar-refractivity contribution < 1.29 is 9.90 Å². The fourth-order valence-electron chi connectivity index (χ4n) is 2.63. The van der Waals surface area contributed by atoms with Gasteiger partial charge < -0.3 is 5.11 Å².